The summed E-state index contributed by atoms with van der Waals surface area (Å²) in [5.74, 6) is 0.00681. The van der Waals surface area contributed by atoms with E-state index in [1.54, 1.807) is 11.8 Å². The number of halogens is 1. The number of nitrogens with two attached hydrogens (primary N) is 1. The highest BCUT2D eigenvalue weighted by Gasteiger charge is 2.21. The number of carbonyl (C=O) groups is 2. The Labute approximate surface area is 131 Å². The molecule has 1 aromatic rings. The van der Waals surface area contributed by atoms with E-state index < -0.39 is 6.04 Å². The molecule has 0 spiro atoms. The molecular weight excluding hydrogens is 290 g/mol. The van der Waals surface area contributed by atoms with Crippen LogP contribution in [0.2, 0.25) is 0 Å². The second-order valence-electron chi connectivity index (χ2n) is 5.26. The maximum Gasteiger partial charge on any atom is 0.237 e. The molecule has 1 unspecified atom stereocenters. The topological polar surface area (TPSA) is 75.4 Å². The summed E-state index contributed by atoms with van der Waals surface area (Å²) in [4.78, 5) is 25.0. The third-order valence-electron chi connectivity index (χ3n) is 3.55. The molecule has 1 aliphatic rings. The molecule has 116 valence electrons. The molecule has 6 heteroatoms. The molecule has 0 aromatic heterocycles. The molecule has 2 rings (SSSR count). The van der Waals surface area contributed by atoms with Crippen LogP contribution < -0.4 is 16.0 Å². The van der Waals surface area contributed by atoms with Gasteiger partial charge in [-0.1, -0.05) is 12.1 Å². The number of hydrogen-bond donors (Lipinski definition) is 2. The Morgan fingerprint density at radius 3 is 2.38 bits per heavy atom. The molecule has 0 saturated carbocycles. The number of amides is 2. The fourth-order valence-electron chi connectivity index (χ4n) is 2.29. The van der Waals surface area contributed by atoms with Crippen LogP contribution in [-0.2, 0) is 9.59 Å². The van der Waals surface area contributed by atoms with Crippen LogP contribution in [0.4, 0.5) is 5.69 Å². The molecule has 1 fully saturated rings. The largest absolute Gasteiger partial charge is 0.348 e. The molecule has 2 atom stereocenters. The number of nitrogens with zero attached hydrogens (tertiary/aromatic N) is 1. The van der Waals surface area contributed by atoms with E-state index >= 15 is 0 Å². The smallest absolute Gasteiger partial charge is 0.237 e. The van der Waals surface area contributed by atoms with Crippen molar-refractivity contribution in [3.05, 3.63) is 29.8 Å². The van der Waals surface area contributed by atoms with Crippen LogP contribution in [0.5, 0.6) is 0 Å². The maximum atomic E-state index is 11.7. The van der Waals surface area contributed by atoms with Gasteiger partial charge in [-0.25, -0.2) is 0 Å². The zero-order chi connectivity index (χ0) is 14.7. The van der Waals surface area contributed by atoms with E-state index in [0.717, 1.165) is 24.2 Å². The van der Waals surface area contributed by atoms with E-state index in [2.05, 4.69) is 5.32 Å². The van der Waals surface area contributed by atoms with Crippen molar-refractivity contribution >= 4 is 29.9 Å². The average molecular weight is 312 g/mol. The summed E-state index contributed by atoms with van der Waals surface area (Å²) in [7, 11) is 0. The molecule has 21 heavy (non-hydrogen) atoms. The number of hydrogen-bond acceptors (Lipinski definition) is 3. The molecule has 1 aromatic carbocycles. The third kappa shape index (κ3) is 4.19. The van der Waals surface area contributed by atoms with Gasteiger partial charge in [-0.05, 0) is 38.0 Å². The fraction of sp³-hybridized carbons (Fsp3) is 0.467. The van der Waals surface area contributed by atoms with Crippen LogP contribution in [0.1, 0.15) is 38.3 Å². The van der Waals surface area contributed by atoms with E-state index in [4.69, 9.17) is 5.73 Å². The van der Waals surface area contributed by atoms with Gasteiger partial charge in [0.15, 0.2) is 0 Å². The van der Waals surface area contributed by atoms with E-state index in [-0.39, 0.29) is 30.3 Å². The Bertz CT molecular complexity index is 502. The molecule has 0 bridgehead atoms. The van der Waals surface area contributed by atoms with Gasteiger partial charge >= 0.3 is 0 Å². The van der Waals surface area contributed by atoms with Gasteiger partial charge < -0.3 is 16.0 Å². The highest BCUT2D eigenvalue weighted by Crippen LogP contribution is 2.23. The second-order valence-corrected chi connectivity index (χ2v) is 5.26. The Hall–Kier alpha value is -1.59. The molecule has 1 saturated heterocycles. The predicted octanol–water partition coefficient (Wildman–Crippen LogP) is 1.76. The number of nitrogens with one attached hydrogen (secondary N) is 1. The first-order chi connectivity index (χ1) is 9.49. The summed E-state index contributed by atoms with van der Waals surface area (Å²) in [6, 6.07) is 7.11. The van der Waals surface area contributed by atoms with E-state index in [1.807, 2.05) is 31.2 Å². The molecule has 5 nitrogen and oxygen atoms in total. The Morgan fingerprint density at radius 1 is 1.29 bits per heavy atom. The van der Waals surface area contributed by atoms with Crippen molar-refractivity contribution in [3.8, 4) is 0 Å². The third-order valence-corrected chi connectivity index (χ3v) is 3.55. The molecule has 1 aliphatic heterocycles. The molecule has 0 radical (unpaired) electrons. The minimum atomic E-state index is -0.515. The monoisotopic (exact) mass is 311 g/mol. The summed E-state index contributed by atoms with van der Waals surface area (Å²) < 4.78 is 0. The maximum absolute atomic E-state index is 11.7. The van der Waals surface area contributed by atoms with Gasteiger partial charge in [-0.2, -0.15) is 0 Å². The SMILES string of the molecule is CC(NC(=O)[C@@H](C)N)c1ccc(N2CCCC2=O)cc1.Cl. The van der Waals surface area contributed by atoms with Crippen molar-refractivity contribution in [2.75, 3.05) is 11.4 Å². The van der Waals surface area contributed by atoms with Crippen molar-refractivity contribution < 1.29 is 9.59 Å². The van der Waals surface area contributed by atoms with Crippen molar-refractivity contribution in [1.82, 2.24) is 5.32 Å². The molecule has 2 amide bonds. The van der Waals surface area contributed by atoms with Crippen molar-refractivity contribution in [2.24, 2.45) is 5.73 Å². The lowest BCUT2D eigenvalue weighted by atomic mass is 10.1. The highest BCUT2D eigenvalue weighted by molar-refractivity contribution is 5.95. The second kappa shape index (κ2) is 7.43. The average Bonchev–Trinajstić information content (AvgIpc) is 2.85. The number of rotatable bonds is 4. The van der Waals surface area contributed by atoms with Crippen LogP contribution in [0.15, 0.2) is 24.3 Å². The summed E-state index contributed by atoms with van der Waals surface area (Å²) >= 11 is 0. The van der Waals surface area contributed by atoms with E-state index in [9.17, 15) is 9.59 Å². The van der Waals surface area contributed by atoms with Gasteiger partial charge in [0.2, 0.25) is 11.8 Å². The van der Waals surface area contributed by atoms with Crippen molar-refractivity contribution in [1.29, 1.82) is 0 Å². The van der Waals surface area contributed by atoms with Crippen LogP contribution in [0.3, 0.4) is 0 Å². The first kappa shape index (κ1) is 17.5. The summed E-state index contributed by atoms with van der Waals surface area (Å²) in [5, 5.41) is 2.85. The lowest BCUT2D eigenvalue weighted by molar-refractivity contribution is -0.122. The Morgan fingerprint density at radius 2 is 1.90 bits per heavy atom. The Balaban J connectivity index is 0.00000220. The standard InChI is InChI=1S/C15H21N3O2.ClH/c1-10(16)15(20)17-11(2)12-5-7-13(8-6-12)18-9-3-4-14(18)19;/h5-8,10-11H,3-4,9,16H2,1-2H3,(H,17,20);1H/t10-,11?;/m1./s1. The predicted molar refractivity (Wildman–Crippen MR) is 85.5 cm³/mol. The lowest BCUT2D eigenvalue weighted by Gasteiger charge is -2.19. The van der Waals surface area contributed by atoms with Crippen LogP contribution in [0.25, 0.3) is 0 Å². The van der Waals surface area contributed by atoms with E-state index in [0.29, 0.717) is 6.42 Å². The number of benzene rings is 1. The van der Waals surface area contributed by atoms with Gasteiger partial charge in [-0.15, -0.1) is 12.4 Å². The fourth-order valence-corrected chi connectivity index (χ4v) is 2.29. The van der Waals surface area contributed by atoms with Crippen molar-refractivity contribution in [3.63, 3.8) is 0 Å². The molecular formula is C15H22ClN3O2. The minimum absolute atomic E-state index is 0. The number of anilines is 1. The van der Waals surface area contributed by atoms with Gasteiger partial charge in [-0.3, -0.25) is 9.59 Å². The highest BCUT2D eigenvalue weighted by atomic mass is 35.5. The zero-order valence-corrected chi connectivity index (χ0v) is 13.2. The molecule has 1 heterocycles. The van der Waals surface area contributed by atoms with Crippen LogP contribution in [-0.4, -0.2) is 24.4 Å². The van der Waals surface area contributed by atoms with Gasteiger partial charge in [0, 0.05) is 18.7 Å². The molecule has 3 N–H and O–H groups in total. The van der Waals surface area contributed by atoms with Gasteiger partial charge in [0.1, 0.15) is 0 Å². The zero-order valence-electron chi connectivity index (χ0n) is 12.3. The quantitative estimate of drug-likeness (QED) is 0.889. The van der Waals surface area contributed by atoms with Crippen molar-refractivity contribution in [2.45, 2.75) is 38.8 Å². The van der Waals surface area contributed by atoms with Gasteiger partial charge in [0.05, 0.1) is 12.1 Å². The summed E-state index contributed by atoms with van der Waals surface area (Å²) in [6.07, 6.45) is 1.55. The van der Waals surface area contributed by atoms with Crippen LogP contribution >= 0.6 is 12.4 Å². The van der Waals surface area contributed by atoms with Gasteiger partial charge in [0.25, 0.3) is 0 Å². The Kier molecular flexibility index (Phi) is 6.18. The summed E-state index contributed by atoms with van der Waals surface area (Å²) in [5.41, 5.74) is 7.44. The van der Waals surface area contributed by atoms with E-state index in [1.165, 1.54) is 0 Å². The lowest BCUT2D eigenvalue weighted by Crippen LogP contribution is -2.39. The normalized spacial score (nSPS) is 17.1. The first-order valence-electron chi connectivity index (χ1n) is 6.95. The summed E-state index contributed by atoms with van der Waals surface area (Å²) in [6.45, 7) is 4.36. The molecule has 0 aliphatic carbocycles. The first-order valence-corrected chi connectivity index (χ1v) is 6.95. The minimum Gasteiger partial charge on any atom is -0.348 e. The van der Waals surface area contributed by atoms with Crippen LogP contribution in [0, 0.1) is 0 Å². The number of carbonyl (C=O) groups excluding carboxylic acids is 2.